The minimum Gasteiger partial charge on any atom is -0.489 e. The van der Waals surface area contributed by atoms with E-state index in [0.29, 0.717) is 0 Å². The molecule has 4 nitrogen and oxygen atoms in total. The number of hydrogen-bond acceptors (Lipinski definition) is 3. The molecule has 1 heterocycles. The fraction of sp³-hybridized carbons (Fsp3) is 0.214. The van der Waals surface area contributed by atoms with Gasteiger partial charge in [0.25, 0.3) is 5.56 Å². The molecule has 0 aliphatic heterocycles. The fourth-order valence-electron chi connectivity index (χ4n) is 1.62. The van der Waals surface area contributed by atoms with Crippen molar-refractivity contribution in [3.05, 3.63) is 65.1 Å². The third-order valence-electron chi connectivity index (χ3n) is 2.57. The van der Waals surface area contributed by atoms with Gasteiger partial charge in [0.15, 0.2) is 6.23 Å². The molecule has 0 saturated carbocycles. The van der Waals surface area contributed by atoms with Crippen LogP contribution in [-0.2, 0) is 4.74 Å². The monoisotopic (exact) mass is 245 g/mol. The maximum Gasteiger partial charge on any atom is 0.252 e. The Balaban J connectivity index is 2.07. The van der Waals surface area contributed by atoms with E-state index in [4.69, 9.17) is 9.47 Å². The summed E-state index contributed by atoms with van der Waals surface area (Å²) in [5.74, 6) is 0.753. The van der Waals surface area contributed by atoms with Gasteiger partial charge in [-0.25, -0.2) is 0 Å². The molecule has 2 aromatic rings. The van der Waals surface area contributed by atoms with Gasteiger partial charge in [0, 0.05) is 19.4 Å². The molecule has 1 atom stereocenters. The van der Waals surface area contributed by atoms with Crippen LogP contribution in [0, 0.1) is 0 Å². The smallest absolute Gasteiger partial charge is 0.252 e. The SMILES string of the molecule is COC(COc1ccccc1)n1ccccc1=O. The number of para-hydroxylation sites is 1. The van der Waals surface area contributed by atoms with E-state index >= 15 is 0 Å². The van der Waals surface area contributed by atoms with E-state index in [1.807, 2.05) is 30.3 Å². The lowest BCUT2D eigenvalue weighted by Crippen LogP contribution is -2.28. The van der Waals surface area contributed by atoms with Crippen LogP contribution in [0.15, 0.2) is 59.5 Å². The number of ether oxygens (including phenoxy) is 2. The Morgan fingerprint density at radius 3 is 2.50 bits per heavy atom. The Hall–Kier alpha value is -2.07. The summed E-state index contributed by atoms with van der Waals surface area (Å²) in [4.78, 5) is 11.7. The quantitative estimate of drug-likeness (QED) is 0.809. The van der Waals surface area contributed by atoms with Crippen LogP contribution in [0.2, 0.25) is 0 Å². The molecule has 1 aromatic heterocycles. The molecule has 18 heavy (non-hydrogen) atoms. The van der Waals surface area contributed by atoms with E-state index in [9.17, 15) is 4.79 Å². The van der Waals surface area contributed by atoms with E-state index in [0.717, 1.165) is 5.75 Å². The van der Waals surface area contributed by atoms with Gasteiger partial charge >= 0.3 is 0 Å². The van der Waals surface area contributed by atoms with Crippen molar-refractivity contribution in [2.45, 2.75) is 6.23 Å². The zero-order chi connectivity index (χ0) is 12.8. The molecule has 0 fully saturated rings. The summed E-state index contributed by atoms with van der Waals surface area (Å²) in [5, 5.41) is 0. The van der Waals surface area contributed by atoms with Crippen molar-refractivity contribution >= 4 is 0 Å². The molecule has 1 aromatic carbocycles. The molecule has 2 rings (SSSR count). The second kappa shape index (κ2) is 6.02. The zero-order valence-corrected chi connectivity index (χ0v) is 10.2. The van der Waals surface area contributed by atoms with Crippen molar-refractivity contribution in [2.75, 3.05) is 13.7 Å². The minimum absolute atomic E-state index is 0.110. The van der Waals surface area contributed by atoms with Crippen LogP contribution >= 0.6 is 0 Å². The van der Waals surface area contributed by atoms with Gasteiger partial charge in [0.1, 0.15) is 12.4 Å². The lowest BCUT2D eigenvalue weighted by molar-refractivity contribution is 0.00311. The molecule has 0 N–H and O–H groups in total. The maximum atomic E-state index is 11.7. The van der Waals surface area contributed by atoms with Gasteiger partial charge in [-0.05, 0) is 18.2 Å². The van der Waals surface area contributed by atoms with Crippen LogP contribution in [0.1, 0.15) is 6.23 Å². The average molecular weight is 245 g/mol. The van der Waals surface area contributed by atoms with E-state index in [-0.39, 0.29) is 12.2 Å². The van der Waals surface area contributed by atoms with Crippen LogP contribution in [0.5, 0.6) is 5.75 Å². The highest BCUT2D eigenvalue weighted by molar-refractivity contribution is 5.20. The van der Waals surface area contributed by atoms with Crippen molar-refractivity contribution in [3.63, 3.8) is 0 Å². The normalized spacial score (nSPS) is 12.1. The summed E-state index contributed by atoms with van der Waals surface area (Å²) in [6, 6.07) is 14.4. The molecular formula is C14H15NO3. The summed E-state index contributed by atoms with van der Waals surface area (Å²) < 4.78 is 12.4. The fourth-order valence-corrected chi connectivity index (χ4v) is 1.62. The Morgan fingerprint density at radius 2 is 1.83 bits per heavy atom. The van der Waals surface area contributed by atoms with Crippen molar-refractivity contribution < 1.29 is 9.47 Å². The number of benzene rings is 1. The average Bonchev–Trinajstić information content (AvgIpc) is 2.42. The van der Waals surface area contributed by atoms with E-state index < -0.39 is 6.23 Å². The van der Waals surface area contributed by atoms with Gasteiger partial charge in [0.05, 0.1) is 0 Å². The van der Waals surface area contributed by atoms with Gasteiger partial charge in [0.2, 0.25) is 0 Å². The second-order valence-electron chi connectivity index (χ2n) is 3.76. The Labute approximate surface area is 105 Å². The molecule has 4 heteroatoms. The second-order valence-corrected chi connectivity index (χ2v) is 3.76. The first-order chi connectivity index (χ1) is 8.81. The van der Waals surface area contributed by atoms with Gasteiger partial charge < -0.3 is 9.47 Å². The van der Waals surface area contributed by atoms with Crippen molar-refractivity contribution in [2.24, 2.45) is 0 Å². The third-order valence-corrected chi connectivity index (χ3v) is 2.57. The minimum atomic E-state index is -0.432. The first-order valence-corrected chi connectivity index (χ1v) is 5.69. The maximum absolute atomic E-state index is 11.7. The largest absolute Gasteiger partial charge is 0.489 e. The molecule has 94 valence electrons. The summed E-state index contributed by atoms with van der Waals surface area (Å²) >= 11 is 0. The standard InChI is InChI=1S/C14H15NO3/c1-17-14(15-10-6-5-9-13(15)16)11-18-12-7-3-2-4-8-12/h2-10,14H,11H2,1H3. The lowest BCUT2D eigenvalue weighted by atomic mass is 10.3. The van der Waals surface area contributed by atoms with Gasteiger partial charge in [-0.3, -0.25) is 9.36 Å². The van der Waals surface area contributed by atoms with Crippen LogP contribution in [0.4, 0.5) is 0 Å². The van der Waals surface area contributed by atoms with Crippen molar-refractivity contribution in [1.29, 1.82) is 0 Å². The first kappa shape index (κ1) is 12.4. The Morgan fingerprint density at radius 1 is 1.11 bits per heavy atom. The number of nitrogens with zero attached hydrogens (tertiary/aromatic N) is 1. The highest BCUT2D eigenvalue weighted by Crippen LogP contribution is 2.12. The van der Waals surface area contributed by atoms with Gasteiger partial charge in [-0.15, -0.1) is 0 Å². The molecule has 0 amide bonds. The lowest BCUT2D eigenvalue weighted by Gasteiger charge is -2.18. The molecule has 0 aliphatic rings. The Kier molecular flexibility index (Phi) is 4.15. The van der Waals surface area contributed by atoms with Crippen molar-refractivity contribution in [3.8, 4) is 5.75 Å². The predicted octanol–water partition coefficient (Wildman–Crippen LogP) is 2.07. The van der Waals surface area contributed by atoms with E-state index in [1.54, 1.807) is 25.4 Å². The van der Waals surface area contributed by atoms with E-state index in [1.165, 1.54) is 10.6 Å². The third kappa shape index (κ3) is 2.99. The summed E-state index contributed by atoms with van der Waals surface area (Å²) in [7, 11) is 1.55. The molecule has 0 aliphatic carbocycles. The summed E-state index contributed by atoms with van der Waals surface area (Å²) in [6.45, 7) is 0.282. The number of rotatable bonds is 5. The van der Waals surface area contributed by atoms with Crippen LogP contribution in [0.25, 0.3) is 0 Å². The topological polar surface area (TPSA) is 40.5 Å². The summed E-state index contributed by atoms with van der Waals surface area (Å²) in [6.07, 6.45) is 1.25. The number of pyridine rings is 1. The van der Waals surface area contributed by atoms with Gasteiger partial charge in [-0.1, -0.05) is 24.3 Å². The number of aromatic nitrogens is 1. The molecular weight excluding hydrogens is 230 g/mol. The molecule has 0 radical (unpaired) electrons. The van der Waals surface area contributed by atoms with Crippen molar-refractivity contribution in [1.82, 2.24) is 4.57 Å². The van der Waals surface area contributed by atoms with E-state index in [2.05, 4.69) is 0 Å². The number of hydrogen-bond donors (Lipinski definition) is 0. The first-order valence-electron chi connectivity index (χ1n) is 5.69. The van der Waals surface area contributed by atoms with Gasteiger partial charge in [-0.2, -0.15) is 0 Å². The molecule has 0 saturated heterocycles. The molecule has 0 bridgehead atoms. The highest BCUT2D eigenvalue weighted by atomic mass is 16.5. The molecule has 1 unspecified atom stereocenters. The summed E-state index contributed by atoms with van der Waals surface area (Å²) in [5.41, 5.74) is -0.110. The highest BCUT2D eigenvalue weighted by Gasteiger charge is 2.11. The van der Waals surface area contributed by atoms with Crippen LogP contribution < -0.4 is 10.3 Å². The van der Waals surface area contributed by atoms with Crippen LogP contribution in [0.3, 0.4) is 0 Å². The van der Waals surface area contributed by atoms with Crippen LogP contribution in [-0.4, -0.2) is 18.3 Å². The number of methoxy groups -OCH3 is 1. The zero-order valence-electron chi connectivity index (χ0n) is 10.2. The molecule has 0 spiro atoms. The predicted molar refractivity (Wildman–Crippen MR) is 68.7 cm³/mol. The Bertz CT molecular complexity index is 536.